The van der Waals surface area contributed by atoms with Crippen molar-refractivity contribution in [2.75, 3.05) is 13.7 Å². The molecule has 2 aromatic heterocycles. The lowest BCUT2D eigenvalue weighted by atomic mass is 10.2. The van der Waals surface area contributed by atoms with E-state index in [1.165, 1.54) is 11.4 Å². The maximum Gasteiger partial charge on any atom is 0.159 e. The van der Waals surface area contributed by atoms with Crippen molar-refractivity contribution in [3.8, 4) is 5.82 Å². The molecular formula is C15H22ClN3O. The molecule has 2 rings (SSSR count). The van der Waals surface area contributed by atoms with Crippen molar-refractivity contribution in [3.63, 3.8) is 0 Å². The van der Waals surface area contributed by atoms with Crippen LogP contribution in [-0.4, -0.2) is 28.1 Å². The number of halogens is 1. The molecule has 0 aliphatic carbocycles. The minimum Gasteiger partial charge on any atom is -0.382 e. The van der Waals surface area contributed by atoms with Crippen LogP contribution in [0, 0.1) is 13.8 Å². The molecular weight excluding hydrogens is 274 g/mol. The molecule has 0 saturated heterocycles. The van der Waals surface area contributed by atoms with Crippen molar-refractivity contribution in [3.05, 3.63) is 35.3 Å². The summed E-state index contributed by atoms with van der Waals surface area (Å²) < 4.78 is 9.44. The molecule has 2 heterocycles. The SMILES string of the molecule is CCC(COC)n1nc(-n2c(C)ccc2C)cc1CCl. The predicted octanol–water partition coefficient (Wildman–Crippen LogP) is 3.63. The first-order valence-electron chi connectivity index (χ1n) is 6.91. The third-order valence-electron chi connectivity index (χ3n) is 3.61. The maximum absolute atomic E-state index is 6.08. The Morgan fingerprint density at radius 3 is 2.45 bits per heavy atom. The fourth-order valence-corrected chi connectivity index (χ4v) is 2.73. The van der Waals surface area contributed by atoms with Crippen LogP contribution in [-0.2, 0) is 10.6 Å². The Morgan fingerprint density at radius 2 is 1.95 bits per heavy atom. The Hall–Kier alpha value is -1.26. The first kappa shape index (κ1) is 15.1. The largest absolute Gasteiger partial charge is 0.382 e. The molecule has 0 N–H and O–H groups in total. The molecule has 0 bridgehead atoms. The van der Waals surface area contributed by atoms with Crippen molar-refractivity contribution in [2.45, 2.75) is 39.1 Å². The molecule has 0 amide bonds. The number of aromatic nitrogens is 3. The molecule has 0 saturated carbocycles. The van der Waals surface area contributed by atoms with Crippen molar-refractivity contribution >= 4 is 11.6 Å². The van der Waals surface area contributed by atoms with Crippen LogP contribution >= 0.6 is 11.6 Å². The summed E-state index contributed by atoms with van der Waals surface area (Å²) in [7, 11) is 1.72. The summed E-state index contributed by atoms with van der Waals surface area (Å²) in [6.07, 6.45) is 0.961. The molecule has 0 spiro atoms. The third kappa shape index (κ3) is 2.76. The number of hydrogen-bond donors (Lipinski definition) is 0. The summed E-state index contributed by atoms with van der Waals surface area (Å²) >= 11 is 6.08. The van der Waals surface area contributed by atoms with E-state index >= 15 is 0 Å². The number of alkyl halides is 1. The van der Waals surface area contributed by atoms with Gasteiger partial charge in [-0.2, -0.15) is 5.10 Å². The fourth-order valence-electron chi connectivity index (χ4n) is 2.53. The molecule has 5 heteroatoms. The van der Waals surface area contributed by atoms with Gasteiger partial charge in [-0.15, -0.1) is 11.6 Å². The maximum atomic E-state index is 6.08. The summed E-state index contributed by atoms with van der Waals surface area (Å²) in [5.74, 6) is 1.38. The van der Waals surface area contributed by atoms with Gasteiger partial charge in [0.25, 0.3) is 0 Å². The fraction of sp³-hybridized carbons (Fsp3) is 0.533. The molecule has 0 aliphatic rings. The lowest BCUT2D eigenvalue weighted by molar-refractivity contribution is 0.146. The van der Waals surface area contributed by atoms with Gasteiger partial charge in [0.15, 0.2) is 5.82 Å². The molecule has 2 aromatic rings. The minimum absolute atomic E-state index is 0.221. The van der Waals surface area contributed by atoms with E-state index in [2.05, 4.69) is 43.5 Å². The van der Waals surface area contributed by atoms with Crippen molar-refractivity contribution < 1.29 is 4.74 Å². The lowest BCUT2D eigenvalue weighted by Gasteiger charge is -2.16. The van der Waals surface area contributed by atoms with Crippen molar-refractivity contribution in [1.82, 2.24) is 14.3 Å². The second-order valence-electron chi connectivity index (χ2n) is 5.04. The van der Waals surface area contributed by atoms with Crippen LogP contribution in [0.5, 0.6) is 0 Å². The van der Waals surface area contributed by atoms with Gasteiger partial charge in [-0.05, 0) is 32.4 Å². The van der Waals surface area contributed by atoms with Crippen LogP contribution < -0.4 is 0 Å². The average Bonchev–Trinajstić information content (AvgIpc) is 2.99. The highest BCUT2D eigenvalue weighted by molar-refractivity contribution is 6.16. The standard InChI is InChI=1S/C15H22ClN3O/c1-5-13(10-20-4)19-14(9-16)8-15(17-19)18-11(2)6-7-12(18)3/h6-8,13H,5,9-10H2,1-4H3. The van der Waals surface area contributed by atoms with Crippen LogP contribution in [0.15, 0.2) is 18.2 Å². The molecule has 20 heavy (non-hydrogen) atoms. The van der Waals surface area contributed by atoms with Crippen molar-refractivity contribution in [2.24, 2.45) is 0 Å². The molecule has 0 aliphatic heterocycles. The molecule has 4 nitrogen and oxygen atoms in total. The van der Waals surface area contributed by atoms with E-state index in [4.69, 9.17) is 21.4 Å². The first-order chi connectivity index (χ1) is 9.62. The molecule has 0 fully saturated rings. The van der Waals surface area contributed by atoms with Gasteiger partial charge in [0.1, 0.15) is 0 Å². The second kappa shape index (κ2) is 6.46. The van der Waals surface area contributed by atoms with Crippen molar-refractivity contribution in [1.29, 1.82) is 0 Å². The average molecular weight is 296 g/mol. The quantitative estimate of drug-likeness (QED) is 0.762. The highest BCUT2D eigenvalue weighted by atomic mass is 35.5. The molecule has 0 aromatic carbocycles. The Morgan fingerprint density at radius 1 is 1.30 bits per heavy atom. The molecule has 1 atom stereocenters. The van der Waals surface area contributed by atoms with Gasteiger partial charge in [-0.3, -0.25) is 4.68 Å². The zero-order valence-corrected chi connectivity index (χ0v) is 13.3. The third-order valence-corrected chi connectivity index (χ3v) is 3.89. The van der Waals surface area contributed by atoms with Crippen LogP contribution in [0.1, 0.15) is 36.5 Å². The number of hydrogen-bond acceptors (Lipinski definition) is 2. The van der Waals surface area contributed by atoms with Crippen LogP contribution in [0.2, 0.25) is 0 Å². The van der Waals surface area contributed by atoms with E-state index in [-0.39, 0.29) is 6.04 Å². The Kier molecular flexibility index (Phi) is 4.89. The summed E-state index contributed by atoms with van der Waals surface area (Å²) in [6.45, 7) is 6.94. The lowest BCUT2D eigenvalue weighted by Crippen LogP contribution is -2.17. The Labute approximate surface area is 125 Å². The topological polar surface area (TPSA) is 32.0 Å². The number of ether oxygens (including phenoxy) is 1. The summed E-state index contributed by atoms with van der Waals surface area (Å²) in [5, 5.41) is 4.75. The molecule has 1 unspecified atom stereocenters. The number of nitrogens with zero attached hydrogens (tertiary/aromatic N) is 3. The summed E-state index contributed by atoms with van der Waals surface area (Å²) in [6, 6.07) is 6.48. The van der Waals surface area contributed by atoms with E-state index < -0.39 is 0 Å². The van der Waals surface area contributed by atoms with Gasteiger partial charge < -0.3 is 9.30 Å². The minimum atomic E-state index is 0.221. The number of methoxy groups -OCH3 is 1. The number of aryl methyl sites for hydroxylation is 2. The Bertz CT molecular complexity index is 554. The first-order valence-corrected chi connectivity index (χ1v) is 7.44. The van der Waals surface area contributed by atoms with Crippen LogP contribution in [0.4, 0.5) is 0 Å². The van der Waals surface area contributed by atoms with Gasteiger partial charge in [0, 0.05) is 24.6 Å². The van der Waals surface area contributed by atoms with Gasteiger partial charge in [0.2, 0.25) is 0 Å². The Balaban J connectivity index is 2.45. The predicted molar refractivity (Wildman–Crippen MR) is 81.8 cm³/mol. The van der Waals surface area contributed by atoms with E-state index in [0.717, 1.165) is 17.9 Å². The molecule has 110 valence electrons. The second-order valence-corrected chi connectivity index (χ2v) is 5.31. The summed E-state index contributed by atoms with van der Waals surface area (Å²) in [5.41, 5.74) is 3.37. The van der Waals surface area contributed by atoms with E-state index in [0.29, 0.717) is 12.5 Å². The summed E-state index contributed by atoms with van der Waals surface area (Å²) in [4.78, 5) is 0. The van der Waals surface area contributed by atoms with E-state index in [1.807, 2.05) is 4.68 Å². The molecule has 0 radical (unpaired) electrons. The number of rotatable bonds is 6. The zero-order valence-electron chi connectivity index (χ0n) is 12.6. The highest BCUT2D eigenvalue weighted by Crippen LogP contribution is 2.22. The van der Waals surface area contributed by atoms with E-state index in [9.17, 15) is 0 Å². The van der Waals surface area contributed by atoms with Gasteiger partial charge >= 0.3 is 0 Å². The van der Waals surface area contributed by atoms with E-state index in [1.54, 1.807) is 7.11 Å². The van der Waals surface area contributed by atoms with Gasteiger partial charge in [-0.25, -0.2) is 0 Å². The van der Waals surface area contributed by atoms with Gasteiger partial charge in [-0.1, -0.05) is 6.92 Å². The zero-order chi connectivity index (χ0) is 14.7. The monoisotopic (exact) mass is 295 g/mol. The normalized spacial score (nSPS) is 12.8. The highest BCUT2D eigenvalue weighted by Gasteiger charge is 2.17. The van der Waals surface area contributed by atoms with Crippen LogP contribution in [0.25, 0.3) is 5.82 Å². The van der Waals surface area contributed by atoms with Crippen LogP contribution in [0.3, 0.4) is 0 Å². The smallest absolute Gasteiger partial charge is 0.159 e. The van der Waals surface area contributed by atoms with Gasteiger partial charge in [0.05, 0.1) is 24.2 Å².